The van der Waals surface area contributed by atoms with Gasteiger partial charge >= 0.3 is 0 Å². The molecular weight excluding hydrogens is 284 g/mol. The van der Waals surface area contributed by atoms with Crippen molar-refractivity contribution in [3.8, 4) is 0 Å². The molecule has 1 saturated carbocycles. The topological polar surface area (TPSA) is 34.9 Å². The Balaban J connectivity index is 0.000000652. The van der Waals surface area contributed by atoms with E-state index in [1.54, 1.807) is 0 Å². The fourth-order valence-electron chi connectivity index (χ4n) is 4.36. The molecule has 0 saturated heterocycles. The molecule has 1 aliphatic carbocycles. The van der Waals surface area contributed by atoms with Crippen molar-refractivity contribution >= 4 is 27.7 Å². The maximum atomic E-state index is 13.0. The monoisotopic (exact) mass is 306 g/mol. The molecule has 118 valence electrons. The van der Waals surface area contributed by atoms with Crippen LogP contribution in [0.1, 0.15) is 55.9 Å². The molecule has 0 amide bonds. The van der Waals surface area contributed by atoms with Crippen LogP contribution >= 0.6 is 0 Å². The Morgan fingerprint density at radius 1 is 1.00 bits per heavy atom. The van der Waals surface area contributed by atoms with Crippen LogP contribution in [-0.4, -0.2) is 15.5 Å². The summed E-state index contributed by atoms with van der Waals surface area (Å²) in [6.07, 6.45) is 6.40. The second kappa shape index (κ2) is 5.48. The van der Waals surface area contributed by atoms with Crippen molar-refractivity contribution in [3.63, 3.8) is 0 Å². The molecule has 1 aliphatic heterocycles. The standard InChI is InChI=1S/C18H16N2O.C2H6/c21-18-14-7-2-1-6-12(14)16-17-13(9-10-19-16)11-5-3-4-8-15(11)20(17)18;1-2/h3-5,8-10,12,14H,1-2,6-7H2;1-2H3. The maximum absolute atomic E-state index is 13.0. The van der Waals surface area contributed by atoms with Gasteiger partial charge in [-0.05, 0) is 25.0 Å². The largest absolute Gasteiger partial charge is 0.278 e. The van der Waals surface area contributed by atoms with E-state index in [1.807, 2.05) is 42.8 Å². The third-order valence-electron chi connectivity index (χ3n) is 5.27. The molecule has 0 spiro atoms. The number of pyridine rings is 1. The Bertz CT molecular complexity index is 893. The average molecular weight is 306 g/mol. The van der Waals surface area contributed by atoms with Gasteiger partial charge in [0, 0.05) is 28.8 Å². The zero-order valence-corrected chi connectivity index (χ0v) is 13.7. The lowest BCUT2D eigenvalue weighted by Gasteiger charge is -2.34. The summed E-state index contributed by atoms with van der Waals surface area (Å²) in [5.74, 6) is 0.735. The Labute approximate surface area is 136 Å². The number of para-hydroxylation sites is 1. The van der Waals surface area contributed by atoms with Crippen LogP contribution < -0.4 is 0 Å². The number of benzene rings is 1. The summed E-state index contributed by atoms with van der Waals surface area (Å²) in [4.78, 5) is 17.7. The van der Waals surface area contributed by atoms with Crippen LogP contribution in [0.2, 0.25) is 0 Å². The SMILES string of the molecule is CC.O=C1C2CCCCC2c2nccc3c4ccccc4n1c23. The van der Waals surface area contributed by atoms with Crippen molar-refractivity contribution in [2.75, 3.05) is 0 Å². The molecule has 2 unspecified atom stereocenters. The molecule has 2 atom stereocenters. The highest BCUT2D eigenvalue weighted by molar-refractivity contribution is 6.15. The van der Waals surface area contributed by atoms with E-state index in [0.29, 0.717) is 5.92 Å². The van der Waals surface area contributed by atoms with Crippen LogP contribution in [-0.2, 0) is 0 Å². The molecule has 0 radical (unpaired) electrons. The number of aromatic nitrogens is 2. The molecule has 3 heterocycles. The summed E-state index contributed by atoms with van der Waals surface area (Å²) >= 11 is 0. The number of carbonyl (C=O) groups excluding carboxylic acids is 1. The highest BCUT2D eigenvalue weighted by Crippen LogP contribution is 2.46. The number of carbonyl (C=O) groups is 1. The Morgan fingerprint density at radius 2 is 1.74 bits per heavy atom. The van der Waals surface area contributed by atoms with E-state index in [1.165, 1.54) is 17.2 Å². The van der Waals surface area contributed by atoms with Gasteiger partial charge in [-0.25, -0.2) is 0 Å². The predicted molar refractivity (Wildman–Crippen MR) is 93.9 cm³/mol. The summed E-state index contributed by atoms with van der Waals surface area (Å²) in [6.45, 7) is 4.00. The molecule has 3 heteroatoms. The maximum Gasteiger partial charge on any atom is 0.235 e. The van der Waals surface area contributed by atoms with Crippen LogP contribution in [0, 0.1) is 5.92 Å². The van der Waals surface area contributed by atoms with E-state index in [-0.39, 0.29) is 11.8 Å². The first-order valence-electron chi connectivity index (χ1n) is 8.78. The van der Waals surface area contributed by atoms with Gasteiger partial charge in [-0.1, -0.05) is 44.9 Å². The first-order valence-corrected chi connectivity index (χ1v) is 8.78. The lowest BCUT2D eigenvalue weighted by molar-refractivity contribution is 0.0776. The van der Waals surface area contributed by atoms with Crippen LogP contribution in [0.3, 0.4) is 0 Å². The number of hydrogen-bond donors (Lipinski definition) is 0. The van der Waals surface area contributed by atoms with Crippen LogP contribution in [0.5, 0.6) is 0 Å². The van der Waals surface area contributed by atoms with Gasteiger partial charge in [0.15, 0.2) is 0 Å². The molecular formula is C20H22N2O. The van der Waals surface area contributed by atoms with E-state index in [9.17, 15) is 4.79 Å². The van der Waals surface area contributed by atoms with Crippen LogP contribution in [0.4, 0.5) is 0 Å². The van der Waals surface area contributed by atoms with E-state index < -0.39 is 0 Å². The summed E-state index contributed by atoms with van der Waals surface area (Å²) in [5.41, 5.74) is 3.25. The lowest BCUT2D eigenvalue weighted by atomic mass is 9.75. The molecule has 3 nitrogen and oxygen atoms in total. The van der Waals surface area contributed by atoms with Crippen molar-refractivity contribution in [2.45, 2.75) is 45.4 Å². The van der Waals surface area contributed by atoms with E-state index in [4.69, 9.17) is 0 Å². The van der Waals surface area contributed by atoms with Crippen molar-refractivity contribution in [2.24, 2.45) is 5.92 Å². The molecule has 2 aromatic heterocycles. The zero-order valence-electron chi connectivity index (χ0n) is 13.7. The molecule has 1 aromatic carbocycles. The van der Waals surface area contributed by atoms with Gasteiger partial charge in [0.25, 0.3) is 0 Å². The average Bonchev–Trinajstić information content (AvgIpc) is 2.97. The minimum atomic E-state index is 0.125. The normalized spacial score (nSPS) is 22.6. The molecule has 0 N–H and O–H groups in total. The highest BCUT2D eigenvalue weighted by Gasteiger charge is 2.40. The third kappa shape index (κ3) is 1.89. The molecule has 0 bridgehead atoms. The summed E-state index contributed by atoms with van der Waals surface area (Å²) < 4.78 is 1.94. The minimum absolute atomic E-state index is 0.125. The number of nitrogens with zero attached hydrogens (tertiary/aromatic N) is 2. The molecule has 3 aromatic rings. The molecule has 23 heavy (non-hydrogen) atoms. The van der Waals surface area contributed by atoms with E-state index in [0.717, 1.165) is 36.0 Å². The zero-order chi connectivity index (χ0) is 16.0. The summed E-state index contributed by atoms with van der Waals surface area (Å²) in [6, 6.07) is 10.3. The minimum Gasteiger partial charge on any atom is -0.278 e. The van der Waals surface area contributed by atoms with E-state index >= 15 is 0 Å². The van der Waals surface area contributed by atoms with Gasteiger partial charge in [-0.15, -0.1) is 0 Å². The Hall–Kier alpha value is -2.16. The first-order chi connectivity index (χ1) is 11.4. The highest BCUT2D eigenvalue weighted by atomic mass is 16.2. The fourth-order valence-corrected chi connectivity index (χ4v) is 4.36. The first kappa shape index (κ1) is 14.4. The van der Waals surface area contributed by atoms with Gasteiger partial charge < -0.3 is 0 Å². The van der Waals surface area contributed by atoms with Gasteiger partial charge in [0.05, 0.1) is 16.7 Å². The van der Waals surface area contributed by atoms with Crippen molar-refractivity contribution in [1.82, 2.24) is 9.55 Å². The van der Waals surface area contributed by atoms with Gasteiger partial charge in [-0.2, -0.15) is 0 Å². The lowest BCUT2D eigenvalue weighted by Crippen LogP contribution is -2.34. The van der Waals surface area contributed by atoms with Crippen molar-refractivity contribution in [1.29, 1.82) is 0 Å². The second-order valence-electron chi connectivity index (χ2n) is 6.28. The quantitative estimate of drug-likeness (QED) is 0.576. The van der Waals surface area contributed by atoms with Gasteiger partial charge in [0.2, 0.25) is 5.91 Å². The predicted octanol–water partition coefficient (Wildman–Crippen LogP) is 5.14. The smallest absolute Gasteiger partial charge is 0.235 e. The van der Waals surface area contributed by atoms with E-state index in [2.05, 4.69) is 17.1 Å². The van der Waals surface area contributed by atoms with Gasteiger partial charge in [0.1, 0.15) is 0 Å². The fraction of sp³-hybridized carbons (Fsp3) is 0.400. The van der Waals surface area contributed by atoms with Crippen molar-refractivity contribution < 1.29 is 4.79 Å². The van der Waals surface area contributed by atoms with Crippen LogP contribution in [0.25, 0.3) is 21.8 Å². The number of hydrogen-bond acceptors (Lipinski definition) is 2. The van der Waals surface area contributed by atoms with Gasteiger partial charge in [-0.3, -0.25) is 14.3 Å². The third-order valence-corrected chi connectivity index (χ3v) is 5.27. The second-order valence-corrected chi connectivity index (χ2v) is 6.28. The molecule has 1 fully saturated rings. The number of fused-ring (bicyclic) bond motifs is 5. The Morgan fingerprint density at radius 3 is 2.57 bits per heavy atom. The summed E-state index contributed by atoms with van der Waals surface area (Å²) in [7, 11) is 0. The Kier molecular flexibility index (Phi) is 3.44. The molecule has 5 rings (SSSR count). The van der Waals surface area contributed by atoms with Crippen LogP contribution in [0.15, 0.2) is 36.5 Å². The van der Waals surface area contributed by atoms with Crippen molar-refractivity contribution in [3.05, 3.63) is 42.2 Å². The summed E-state index contributed by atoms with van der Waals surface area (Å²) in [5, 5.41) is 2.34. The number of rotatable bonds is 0. The molecule has 2 aliphatic rings.